The van der Waals surface area contributed by atoms with Crippen molar-refractivity contribution in [3.8, 4) is 11.5 Å². The number of carbonyl (C=O) groups is 2. The number of nitrogens with one attached hydrogen (secondary N) is 1. The number of amides is 2. The second kappa shape index (κ2) is 8.69. The molecule has 1 atom stereocenters. The second-order valence-electron chi connectivity index (χ2n) is 7.20. The van der Waals surface area contributed by atoms with Gasteiger partial charge in [0.1, 0.15) is 6.04 Å². The van der Waals surface area contributed by atoms with E-state index >= 15 is 0 Å². The van der Waals surface area contributed by atoms with Gasteiger partial charge in [0.05, 0.1) is 12.1 Å². The van der Waals surface area contributed by atoms with Crippen LogP contribution in [0, 0.1) is 5.92 Å². The molecule has 10 heteroatoms. The van der Waals surface area contributed by atoms with Crippen LogP contribution < -0.4 is 20.5 Å². The summed E-state index contributed by atoms with van der Waals surface area (Å²) in [5.74, 6) is 0.713. The van der Waals surface area contributed by atoms with Crippen LogP contribution in [-0.2, 0) is 4.79 Å². The van der Waals surface area contributed by atoms with Crippen LogP contribution in [0.1, 0.15) is 60.7 Å². The molecule has 1 aromatic carbocycles. The minimum Gasteiger partial charge on any atom is -0.493 e. The lowest BCUT2D eigenvalue weighted by Gasteiger charge is -2.19. The summed E-state index contributed by atoms with van der Waals surface area (Å²) in [6.45, 7) is 3.53. The van der Waals surface area contributed by atoms with E-state index in [1.807, 2.05) is 13.8 Å². The smallest absolute Gasteiger partial charge is 0.255 e. The number of aromatic nitrogens is 2. The highest BCUT2D eigenvalue weighted by Crippen LogP contribution is 2.39. The van der Waals surface area contributed by atoms with Crippen LogP contribution >= 0.6 is 11.6 Å². The molecule has 1 unspecified atom stereocenters. The minimum atomic E-state index is -0.658. The van der Waals surface area contributed by atoms with Gasteiger partial charge < -0.3 is 25.0 Å². The number of hydrogen-bond donors (Lipinski definition) is 2. The highest BCUT2D eigenvalue weighted by Gasteiger charge is 2.32. The number of primary amides is 1. The number of methoxy groups -OCH3 is 1. The molecule has 1 aliphatic rings. The monoisotopic (exact) mass is 422 g/mol. The lowest BCUT2D eigenvalue weighted by atomic mass is 10.0. The van der Waals surface area contributed by atoms with Crippen molar-refractivity contribution in [1.82, 2.24) is 15.5 Å². The lowest BCUT2D eigenvalue weighted by Crippen LogP contribution is -2.32. The van der Waals surface area contributed by atoms with E-state index in [1.165, 1.54) is 19.2 Å². The predicted octanol–water partition coefficient (Wildman–Crippen LogP) is 2.60. The predicted molar refractivity (Wildman–Crippen MR) is 104 cm³/mol. The first-order chi connectivity index (χ1) is 13.8. The first-order valence-electron chi connectivity index (χ1n) is 9.23. The Hall–Kier alpha value is -2.81. The molecule has 1 aromatic heterocycles. The summed E-state index contributed by atoms with van der Waals surface area (Å²) in [4.78, 5) is 28.2. The molecule has 0 radical (unpaired) electrons. The minimum absolute atomic E-state index is 0.0157. The zero-order valence-corrected chi connectivity index (χ0v) is 17.2. The van der Waals surface area contributed by atoms with Crippen LogP contribution in [-0.4, -0.2) is 35.7 Å². The third-order valence-electron chi connectivity index (χ3n) is 4.47. The van der Waals surface area contributed by atoms with Gasteiger partial charge in [-0.05, 0) is 30.9 Å². The van der Waals surface area contributed by atoms with Crippen LogP contribution in [0.25, 0.3) is 0 Å². The van der Waals surface area contributed by atoms with Gasteiger partial charge in [-0.25, -0.2) is 0 Å². The first kappa shape index (κ1) is 20.9. The molecule has 2 amide bonds. The van der Waals surface area contributed by atoms with Crippen molar-refractivity contribution < 1.29 is 23.6 Å². The van der Waals surface area contributed by atoms with Crippen LogP contribution in [0.5, 0.6) is 11.5 Å². The van der Waals surface area contributed by atoms with Crippen molar-refractivity contribution in [3.63, 3.8) is 0 Å². The second-order valence-corrected chi connectivity index (χ2v) is 7.61. The zero-order chi connectivity index (χ0) is 21.1. The molecule has 2 aromatic rings. The third kappa shape index (κ3) is 4.97. The van der Waals surface area contributed by atoms with Crippen molar-refractivity contribution in [2.24, 2.45) is 11.7 Å². The maximum atomic E-state index is 12.9. The Morgan fingerprint density at radius 1 is 1.38 bits per heavy atom. The van der Waals surface area contributed by atoms with Crippen LogP contribution in [0.4, 0.5) is 0 Å². The van der Waals surface area contributed by atoms with E-state index in [9.17, 15) is 9.59 Å². The van der Waals surface area contributed by atoms with E-state index in [-0.39, 0.29) is 34.6 Å². The molecular formula is C19H23ClN4O5. The molecule has 29 heavy (non-hydrogen) atoms. The molecule has 1 aliphatic carbocycles. The van der Waals surface area contributed by atoms with Gasteiger partial charge in [-0.1, -0.05) is 30.6 Å². The summed E-state index contributed by atoms with van der Waals surface area (Å²) in [5, 5.41) is 7.04. The molecule has 0 saturated heterocycles. The number of carbonyl (C=O) groups excluding carboxylic acids is 2. The molecule has 0 bridgehead atoms. The van der Waals surface area contributed by atoms with E-state index in [0.717, 1.165) is 12.8 Å². The van der Waals surface area contributed by atoms with Gasteiger partial charge in [0, 0.05) is 11.5 Å². The number of ether oxygens (including phenoxy) is 2. The fraction of sp³-hybridized carbons (Fsp3) is 0.474. The molecule has 3 rings (SSSR count). The van der Waals surface area contributed by atoms with Crippen molar-refractivity contribution in [3.05, 3.63) is 34.4 Å². The standard InChI is InChI=1S/C19H23ClN4O5/c1-9(2)15(19-23-17(24-29-19)10-4-5-10)22-18(26)11-6-12(20)16(13(7-11)27-3)28-8-14(21)25/h6-7,9-10,15H,4-5,8H2,1-3H3,(H2,21,25)(H,22,26). The molecule has 1 saturated carbocycles. The third-order valence-corrected chi connectivity index (χ3v) is 4.75. The number of nitrogens with zero attached hydrogens (tertiary/aromatic N) is 2. The Bertz CT molecular complexity index is 910. The van der Waals surface area contributed by atoms with Crippen LogP contribution in [0.2, 0.25) is 5.02 Å². The molecule has 9 nitrogen and oxygen atoms in total. The average Bonchev–Trinajstić information content (AvgIpc) is 3.41. The van der Waals surface area contributed by atoms with E-state index < -0.39 is 17.9 Å². The Balaban J connectivity index is 1.80. The van der Waals surface area contributed by atoms with Crippen LogP contribution in [0.3, 0.4) is 0 Å². The molecule has 3 N–H and O–H groups in total. The van der Waals surface area contributed by atoms with Crippen molar-refractivity contribution in [1.29, 1.82) is 0 Å². The summed E-state index contributed by atoms with van der Waals surface area (Å²) in [7, 11) is 1.40. The molecule has 1 heterocycles. The van der Waals surface area contributed by atoms with E-state index in [2.05, 4.69) is 15.5 Å². The SMILES string of the molecule is COc1cc(C(=O)NC(c2nc(C3CC3)no2)C(C)C)cc(Cl)c1OCC(N)=O. The van der Waals surface area contributed by atoms with E-state index in [4.69, 9.17) is 31.3 Å². The zero-order valence-electron chi connectivity index (χ0n) is 16.4. The molecule has 0 aliphatic heterocycles. The maximum Gasteiger partial charge on any atom is 0.255 e. The number of rotatable bonds is 9. The van der Waals surface area contributed by atoms with Gasteiger partial charge in [0.25, 0.3) is 11.8 Å². The van der Waals surface area contributed by atoms with Gasteiger partial charge in [0.2, 0.25) is 5.89 Å². The van der Waals surface area contributed by atoms with Crippen LogP contribution in [0.15, 0.2) is 16.7 Å². The van der Waals surface area contributed by atoms with Gasteiger partial charge in [-0.2, -0.15) is 4.98 Å². The molecule has 156 valence electrons. The Kier molecular flexibility index (Phi) is 6.26. The lowest BCUT2D eigenvalue weighted by molar-refractivity contribution is -0.119. The normalized spacial score (nSPS) is 14.5. The Labute approximate surface area is 172 Å². The largest absolute Gasteiger partial charge is 0.493 e. The summed E-state index contributed by atoms with van der Waals surface area (Å²) in [6.07, 6.45) is 2.11. The fourth-order valence-corrected chi connectivity index (χ4v) is 3.02. The quantitative estimate of drug-likeness (QED) is 0.635. The number of halogens is 1. The number of benzene rings is 1. The molecule has 0 spiro atoms. The molecular weight excluding hydrogens is 400 g/mol. The Morgan fingerprint density at radius 2 is 2.10 bits per heavy atom. The summed E-state index contributed by atoms with van der Waals surface area (Å²) < 4.78 is 15.9. The summed E-state index contributed by atoms with van der Waals surface area (Å²) >= 11 is 6.22. The first-order valence-corrected chi connectivity index (χ1v) is 9.61. The van der Waals surface area contributed by atoms with Crippen molar-refractivity contribution in [2.45, 2.75) is 38.6 Å². The number of nitrogens with two attached hydrogens (primary N) is 1. The van der Waals surface area contributed by atoms with Crippen molar-refractivity contribution in [2.75, 3.05) is 13.7 Å². The average molecular weight is 423 g/mol. The highest BCUT2D eigenvalue weighted by atomic mass is 35.5. The van der Waals surface area contributed by atoms with E-state index in [1.54, 1.807) is 0 Å². The fourth-order valence-electron chi connectivity index (χ4n) is 2.75. The van der Waals surface area contributed by atoms with E-state index in [0.29, 0.717) is 17.6 Å². The number of hydrogen-bond acceptors (Lipinski definition) is 7. The maximum absolute atomic E-state index is 12.9. The topological polar surface area (TPSA) is 130 Å². The molecule has 1 fully saturated rings. The highest BCUT2D eigenvalue weighted by molar-refractivity contribution is 6.32. The summed E-state index contributed by atoms with van der Waals surface area (Å²) in [6, 6.07) is 2.44. The van der Waals surface area contributed by atoms with Crippen molar-refractivity contribution >= 4 is 23.4 Å². The van der Waals surface area contributed by atoms with Gasteiger partial charge >= 0.3 is 0 Å². The summed E-state index contributed by atoms with van der Waals surface area (Å²) in [5.41, 5.74) is 5.35. The Morgan fingerprint density at radius 3 is 2.69 bits per heavy atom. The van der Waals surface area contributed by atoms with Gasteiger partial charge in [-0.3, -0.25) is 9.59 Å². The van der Waals surface area contributed by atoms with Gasteiger partial charge in [0.15, 0.2) is 23.9 Å². The van der Waals surface area contributed by atoms with Gasteiger partial charge in [-0.15, -0.1) is 0 Å².